The minimum atomic E-state index is -1.000. The van der Waals surface area contributed by atoms with E-state index in [2.05, 4.69) is 27.8 Å². The molecule has 2 aromatic carbocycles. The second-order valence-corrected chi connectivity index (χ2v) is 9.42. The standard InChI is InChI=1S/C26H26FN5OS/c27-20-8-4-7-19(17-20)22-23(34-24(32-22)26(33)11-15-28-16-12-26)21-10-14-30-25(31-21)29-13-9-18-5-2-1-3-6-18/h1-8,10,14,17,28,33H,9,11-13,15-16H2,(H,29,30,31). The molecule has 0 spiro atoms. The van der Waals surface area contributed by atoms with Gasteiger partial charge in [0.05, 0.1) is 16.3 Å². The number of piperidine rings is 1. The van der Waals surface area contributed by atoms with Gasteiger partial charge in [0.1, 0.15) is 16.4 Å². The first kappa shape index (κ1) is 22.6. The van der Waals surface area contributed by atoms with Gasteiger partial charge in [0, 0.05) is 18.3 Å². The Morgan fingerprint density at radius 1 is 1.03 bits per heavy atom. The van der Waals surface area contributed by atoms with Crippen molar-refractivity contribution in [3.8, 4) is 21.8 Å². The molecule has 5 rings (SSSR count). The number of halogens is 1. The van der Waals surface area contributed by atoms with Crippen molar-refractivity contribution in [3.63, 3.8) is 0 Å². The fourth-order valence-electron chi connectivity index (χ4n) is 4.11. The maximum absolute atomic E-state index is 14.0. The molecule has 0 aliphatic carbocycles. The summed E-state index contributed by atoms with van der Waals surface area (Å²) < 4.78 is 14.0. The fourth-order valence-corrected chi connectivity index (χ4v) is 5.31. The van der Waals surface area contributed by atoms with Gasteiger partial charge in [0.2, 0.25) is 5.95 Å². The Morgan fingerprint density at radius 2 is 1.85 bits per heavy atom. The van der Waals surface area contributed by atoms with Crippen LogP contribution in [0, 0.1) is 5.82 Å². The summed E-state index contributed by atoms with van der Waals surface area (Å²) in [6, 6.07) is 18.4. The average Bonchev–Trinajstić information content (AvgIpc) is 3.32. The van der Waals surface area contributed by atoms with Gasteiger partial charge >= 0.3 is 0 Å². The summed E-state index contributed by atoms with van der Waals surface area (Å²) in [5.74, 6) is 0.193. The molecule has 1 fully saturated rings. The minimum absolute atomic E-state index is 0.329. The summed E-state index contributed by atoms with van der Waals surface area (Å²) in [4.78, 5) is 14.7. The number of hydrogen-bond acceptors (Lipinski definition) is 7. The molecule has 1 saturated heterocycles. The van der Waals surface area contributed by atoms with E-state index in [0.717, 1.165) is 24.4 Å². The first-order valence-corrected chi connectivity index (χ1v) is 12.2. The van der Waals surface area contributed by atoms with Crippen LogP contribution in [0.4, 0.5) is 10.3 Å². The van der Waals surface area contributed by atoms with Crippen molar-refractivity contribution in [1.29, 1.82) is 0 Å². The third kappa shape index (κ3) is 4.99. The zero-order chi connectivity index (χ0) is 23.4. The van der Waals surface area contributed by atoms with Crippen molar-refractivity contribution in [2.24, 2.45) is 0 Å². The summed E-state index contributed by atoms with van der Waals surface area (Å²) in [6.45, 7) is 2.15. The molecule has 2 aromatic heterocycles. The topological polar surface area (TPSA) is 83.0 Å². The summed E-state index contributed by atoms with van der Waals surface area (Å²) in [5.41, 5.74) is 2.22. The van der Waals surface area contributed by atoms with Crippen LogP contribution in [0.2, 0.25) is 0 Å². The first-order valence-electron chi connectivity index (χ1n) is 11.4. The van der Waals surface area contributed by atoms with Crippen LogP contribution in [0.15, 0.2) is 66.9 Å². The van der Waals surface area contributed by atoms with Crippen LogP contribution in [-0.2, 0) is 12.0 Å². The predicted molar refractivity (Wildman–Crippen MR) is 133 cm³/mol. The Bertz CT molecular complexity index is 1260. The molecule has 3 N–H and O–H groups in total. The van der Waals surface area contributed by atoms with E-state index in [1.54, 1.807) is 12.3 Å². The molecule has 1 aliphatic heterocycles. The van der Waals surface area contributed by atoms with Gasteiger partial charge in [-0.05, 0) is 56.1 Å². The highest BCUT2D eigenvalue weighted by Gasteiger charge is 2.35. The molecule has 0 atom stereocenters. The molecule has 4 aromatic rings. The van der Waals surface area contributed by atoms with Crippen molar-refractivity contribution in [1.82, 2.24) is 20.3 Å². The Labute approximate surface area is 202 Å². The molecule has 3 heterocycles. The highest BCUT2D eigenvalue weighted by atomic mass is 32.1. The van der Waals surface area contributed by atoms with Crippen LogP contribution in [0.5, 0.6) is 0 Å². The van der Waals surface area contributed by atoms with E-state index in [1.807, 2.05) is 30.3 Å². The second-order valence-electron chi connectivity index (χ2n) is 8.42. The lowest BCUT2D eigenvalue weighted by molar-refractivity contribution is 0.00582. The monoisotopic (exact) mass is 475 g/mol. The molecule has 0 unspecified atom stereocenters. The molecular formula is C26H26FN5OS. The lowest BCUT2D eigenvalue weighted by atomic mass is 9.93. The number of nitrogens with zero attached hydrogens (tertiary/aromatic N) is 3. The van der Waals surface area contributed by atoms with Crippen LogP contribution in [0.3, 0.4) is 0 Å². The molecule has 0 bridgehead atoms. The summed E-state index contributed by atoms with van der Waals surface area (Å²) in [7, 11) is 0. The van der Waals surface area contributed by atoms with Crippen LogP contribution in [0.1, 0.15) is 23.4 Å². The number of nitrogens with one attached hydrogen (secondary N) is 2. The first-order chi connectivity index (χ1) is 16.6. The van der Waals surface area contributed by atoms with Gasteiger partial charge in [-0.25, -0.2) is 19.3 Å². The Morgan fingerprint density at radius 3 is 2.65 bits per heavy atom. The summed E-state index contributed by atoms with van der Waals surface area (Å²) in [6.07, 6.45) is 3.73. The van der Waals surface area contributed by atoms with E-state index < -0.39 is 5.60 Å². The lowest BCUT2D eigenvalue weighted by Crippen LogP contribution is -2.39. The van der Waals surface area contributed by atoms with Crippen LogP contribution in [0.25, 0.3) is 21.8 Å². The number of hydrogen-bond donors (Lipinski definition) is 3. The normalized spacial score (nSPS) is 15.2. The zero-order valence-electron chi connectivity index (χ0n) is 18.7. The number of aliphatic hydroxyl groups is 1. The molecule has 0 saturated carbocycles. The molecular weight excluding hydrogens is 449 g/mol. The maximum Gasteiger partial charge on any atom is 0.223 e. The summed E-state index contributed by atoms with van der Waals surface area (Å²) >= 11 is 1.42. The predicted octanol–water partition coefficient (Wildman–Crippen LogP) is 4.63. The van der Waals surface area contributed by atoms with Crippen molar-refractivity contribution < 1.29 is 9.50 Å². The average molecular weight is 476 g/mol. The van der Waals surface area contributed by atoms with Gasteiger partial charge in [-0.2, -0.15) is 0 Å². The zero-order valence-corrected chi connectivity index (χ0v) is 19.5. The highest BCUT2D eigenvalue weighted by molar-refractivity contribution is 7.15. The van der Waals surface area contributed by atoms with Gasteiger partial charge in [0.15, 0.2) is 0 Å². The van der Waals surface area contributed by atoms with E-state index in [-0.39, 0.29) is 5.82 Å². The number of anilines is 1. The Kier molecular flexibility index (Phi) is 6.62. The molecule has 0 radical (unpaired) electrons. The lowest BCUT2D eigenvalue weighted by Gasteiger charge is -2.30. The van der Waals surface area contributed by atoms with Gasteiger partial charge in [0.25, 0.3) is 0 Å². The second kappa shape index (κ2) is 9.97. The Hall–Kier alpha value is -3.20. The maximum atomic E-state index is 14.0. The molecule has 174 valence electrons. The number of aromatic nitrogens is 3. The summed E-state index contributed by atoms with van der Waals surface area (Å²) in [5, 5.41) is 18.5. The fraction of sp³-hybridized carbons (Fsp3) is 0.269. The van der Waals surface area contributed by atoms with Crippen molar-refractivity contribution in [2.75, 3.05) is 25.0 Å². The van der Waals surface area contributed by atoms with Crippen molar-refractivity contribution in [2.45, 2.75) is 24.9 Å². The molecule has 0 amide bonds. The smallest absolute Gasteiger partial charge is 0.223 e. The van der Waals surface area contributed by atoms with E-state index >= 15 is 0 Å². The Balaban J connectivity index is 1.46. The molecule has 6 nitrogen and oxygen atoms in total. The quantitative estimate of drug-likeness (QED) is 0.362. The number of benzene rings is 2. The van der Waals surface area contributed by atoms with Gasteiger partial charge in [-0.15, -0.1) is 11.3 Å². The largest absolute Gasteiger partial charge is 0.383 e. The van der Waals surface area contributed by atoms with E-state index in [4.69, 9.17) is 9.97 Å². The van der Waals surface area contributed by atoms with Crippen molar-refractivity contribution in [3.05, 3.63) is 83.2 Å². The molecule has 1 aliphatic rings. The van der Waals surface area contributed by atoms with Gasteiger partial charge < -0.3 is 15.7 Å². The van der Waals surface area contributed by atoms with Crippen LogP contribution >= 0.6 is 11.3 Å². The van der Waals surface area contributed by atoms with Gasteiger partial charge in [-0.3, -0.25) is 0 Å². The number of thiazole rings is 1. The van der Waals surface area contributed by atoms with Crippen molar-refractivity contribution >= 4 is 17.3 Å². The minimum Gasteiger partial charge on any atom is -0.383 e. The van der Waals surface area contributed by atoms with E-state index in [1.165, 1.54) is 29.0 Å². The van der Waals surface area contributed by atoms with E-state index in [0.29, 0.717) is 47.3 Å². The van der Waals surface area contributed by atoms with Crippen LogP contribution in [-0.4, -0.2) is 39.7 Å². The van der Waals surface area contributed by atoms with Gasteiger partial charge in [-0.1, -0.05) is 42.5 Å². The third-order valence-electron chi connectivity index (χ3n) is 5.98. The van der Waals surface area contributed by atoms with Crippen LogP contribution < -0.4 is 10.6 Å². The number of rotatable bonds is 7. The highest BCUT2D eigenvalue weighted by Crippen LogP contribution is 2.42. The SMILES string of the molecule is OC1(c2nc(-c3cccc(F)c3)c(-c3ccnc(NCCc4ccccc4)n3)s2)CCNCC1. The molecule has 34 heavy (non-hydrogen) atoms. The van der Waals surface area contributed by atoms with E-state index in [9.17, 15) is 9.50 Å². The molecule has 8 heteroatoms. The third-order valence-corrected chi connectivity index (χ3v) is 7.25.